The zero-order valence-electron chi connectivity index (χ0n) is 15.5. The fourth-order valence-electron chi connectivity index (χ4n) is 4.39. The van der Waals surface area contributed by atoms with Crippen LogP contribution in [0.2, 0.25) is 0 Å². The van der Waals surface area contributed by atoms with Crippen LogP contribution in [-0.2, 0) is 4.79 Å². The maximum atomic E-state index is 14.1. The quantitative estimate of drug-likeness (QED) is 0.815. The Hall–Kier alpha value is -2.69. The van der Waals surface area contributed by atoms with E-state index in [0.29, 0.717) is 29.8 Å². The van der Waals surface area contributed by atoms with Crippen molar-refractivity contribution in [3.8, 4) is 11.1 Å². The molecule has 140 valence electrons. The minimum absolute atomic E-state index is 0.0916. The van der Waals surface area contributed by atoms with Crippen molar-refractivity contribution in [3.05, 3.63) is 59.9 Å². The highest BCUT2D eigenvalue weighted by molar-refractivity contribution is 5.96. The summed E-state index contributed by atoms with van der Waals surface area (Å²) in [5.74, 6) is -0.242. The van der Waals surface area contributed by atoms with Crippen molar-refractivity contribution >= 4 is 11.8 Å². The summed E-state index contributed by atoms with van der Waals surface area (Å²) in [6, 6.07) is 13.6. The van der Waals surface area contributed by atoms with Crippen LogP contribution in [0.1, 0.15) is 29.6 Å². The molecular weight excluding hydrogens is 343 g/mol. The Morgan fingerprint density at radius 3 is 2.70 bits per heavy atom. The van der Waals surface area contributed by atoms with Gasteiger partial charge in [-0.3, -0.25) is 9.59 Å². The average Bonchev–Trinajstić information content (AvgIpc) is 3.11. The van der Waals surface area contributed by atoms with Crippen molar-refractivity contribution in [2.24, 2.45) is 5.41 Å². The summed E-state index contributed by atoms with van der Waals surface area (Å²) in [5, 5.41) is 0. The van der Waals surface area contributed by atoms with Gasteiger partial charge in [-0.2, -0.15) is 0 Å². The monoisotopic (exact) mass is 366 g/mol. The summed E-state index contributed by atoms with van der Waals surface area (Å²) in [5.41, 5.74) is 1.27. The lowest BCUT2D eigenvalue weighted by atomic mass is 9.78. The second kappa shape index (κ2) is 6.80. The molecule has 2 saturated heterocycles. The number of benzene rings is 2. The molecule has 2 aromatic carbocycles. The number of amides is 2. The van der Waals surface area contributed by atoms with Crippen LogP contribution in [0.4, 0.5) is 4.39 Å². The van der Waals surface area contributed by atoms with Crippen molar-refractivity contribution in [3.63, 3.8) is 0 Å². The van der Waals surface area contributed by atoms with Crippen LogP contribution in [0.3, 0.4) is 0 Å². The predicted molar refractivity (Wildman–Crippen MR) is 102 cm³/mol. The first-order valence-electron chi connectivity index (χ1n) is 9.40. The first kappa shape index (κ1) is 17.7. The molecule has 5 heteroatoms. The first-order chi connectivity index (χ1) is 13.0. The molecule has 2 aliphatic heterocycles. The highest BCUT2D eigenvalue weighted by Gasteiger charge is 2.48. The van der Waals surface area contributed by atoms with E-state index in [0.717, 1.165) is 25.8 Å². The summed E-state index contributed by atoms with van der Waals surface area (Å²) in [6.07, 6.45) is 2.54. The highest BCUT2D eigenvalue weighted by Crippen LogP contribution is 2.40. The normalized spacial score (nSPS) is 22.5. The number of piperidine rings is 1. The van der Waals surface area contributed by atoms with Gasteiger partial charge in [0.05, 0.1) is 5.41 Å². The second-order valence-corrected chi connectivity index (χ2v) is 7.65. The molecule has 4 nitrogen and oxygen atoms in total. The summed E-state index contributed by atoms with van der Waals surface area (Å²) in [4.78, 5) is 29.3. The van der Waals surface area contributed by atoms with E-state index < -0.39 is 5.41 Å². The van der Waals surface area contributed by atoms with Crippen LogP contribution in [0, 0.1) is 11.2 Å². The average molecular weight is 366 g/mol. The van der Waals surface area contributed by atoms with Gasteiger partial charge in [-0.1, -0.05) is 30.3 Å². The van der Waals surface area contributed by atoms with Crippen LogP contribution in [0.5, 0.6) is 0 Å². The fourth-order valence-corrected chi connectivity index (χ4v) is 4.39. The summed E-state index contributed by atoms with van der Waals surface area (Å²) in [7, 11) is 1.84. The number of likely N-dealkylation sites (tertiary alicyclic amines) is 2. The van der Waals surface area contributed by atoms with Gasteiger partial charge >= 0.3 is 0 Å². The summed E-state index contributed by atoms with van der Waals surface area (Å²) < 4.78 is 14.1. The Morgan fingerprint density at radius 1 is 1.07 bits per heavy atom. The van der Waals surface area contributed by atoms with Gasteiger partial charge in [0.1, 0.15) is 5.82 Å². The standard InChI is InChI=1S/C22H23FN2O2/c1-24-12-5-10-22(21(24)27)11-13-25(15-22)20(26)17-7-4-6-16(14-17)18-8-2-3-9-19(18)23/h2-4,6-9,14H,5,10-13,15H2,1H3/t22-/m0/s1. The largest absolute Gasteiger partial charge is 0.345 e. The zero-order chi connectivity index (χ0) is 19.0. The van der Waals surface area contributed by atoms with Crippen molar-refractivity contribution in [2.45, 2.75) is 19.3 Å². The van der Waals surface area contributed by atoms with Crippen molar-refractivity contribution < 1.29 is 14.0 Å². The van der Waals surface area contributed by atoms with E-state index in [4.69, 9.17) is 0 Å². The maximum Gasteiger partial charge on any atom is 0.253 e. The molecule has 0 aromatic heterocycles. The SMILES string of the molecule is CN1CCC[C@@]2(CCN(C(=O)c3cccc(-c4ccccc4F)c3)C2)C1=O. The number of carbonyl (C=O) groups is 2. The van der Waals surface area contributed by atoms with Gasteiger partial charge in [0.2, 0.25) is 5.91 Å². The third-order valence-electron chi connectivity index (χ3n) is 5.88. The van der Waals surface area contributed by atoms with E-state index >= 15 is 0 Å². The van der Waals surface area contributed by atoms with Crippen LogP contribution < -0.4 is 0 Å². The van der Waals surface area contributed by atoms with Gasteiger partial charge in [-0.05, 0) is 43.0 Å². The van der Waals surface area contributed by atoms with Gasteiger partial charge in [0.25, 0.3) is 5.91 Å². The molecule has 0 bridgehead atoms. The Bertz CT molecular complexity index is 897. The fraction of sp³-hybridized carbons (Fsp3) is 0.364. The lowest BCUT2D eigenvalue weighted by Crippen LogP contribution is -2.48. The molecule has 0 radical (unpaired) electrons. The van der Waals surface area contributed by atoms with E-state index in [1.165, 1.54) is 6.07 Å². The molecule has 2 fully saturated rings. The number of nitrogens with zero attached hydrogens (tertiary/aromatic N) is 2. The molecule has 2 aliphatic rings. The third-order valence-corrected chi connectivity index (χ3v) is 5.88. The second-order valence-electron chi connectivity index (χ2n) is 7.65. The minimum Gasteiger partial charge on any atom is -0.345 e. The number of hydrogen-bond donors (Lipinski definition) is 0. The van der Waals surface area contributed by atoms with E-state index in [1.54, 1.807) is 52.3 Å². The molecule has 2 heterocycles. The van der Waals surface area contributed by atoms with Crippen molar-refractivity contribution in [1.82, 2.24) is 9.80 Å². The molecule has 27 heavy (non-hydrogen) atoms. The molecule has 1 spiro atoms. The molecule has 4 rings (SSSR count). The van der Waals surface area contributed by atoms with Crippen LogP contribution in [0.25, 0.3) is 11.1 Å². The van der Waals surface area contributed by atoms with Gasteiger partial charge in [-0.15, -0.1) is 0 Å². The Labute approximate surface area is 158 Å². The van der Waals surface area contributed by atoms with Crippen LogP contribution >= 0.6 is 0 Å². The van der Waals surface area contributed by atoms with Gasteiger partial charge < -0.3 is 9.80 Å². The van der Waals surface area contributed by atoms with E-state index in [9.17, 15) is 14.0 Å². The van der Waals surface area contributed by atoms with Gasteiger partial charge in [0, 0.05) is 37.8 Å². The van der Waals surface area contributed by atoms with E-state index in [2.05, 4.69) is 0 Å². The molecular formula is C22H23FN2O2. The minimum atomic E-state index is -0.425. The lowest BCUT2D eigenvalue weighted by molar-refractivity contribution is -0.143. The predicted octanol–water partition coefficient (Wildman–Crippen LogP) is 3.58. The number of carbonyl (C=O) groups excluding carboxylic acids is 2. The molecule has 0 saturated carbocycles. The van der Waals surface area contributed by atoms with Crippen LogP contribution in [0.15, 0.2) is 48.5 Å². The topological polar surface area (TPSA) is 40.6 Å². The van der Waals surface area contributed by atoms with Gasteiger partial charge in [-0.25, -0.2) is 4.39 Å². The molecule has 1 atom stereocenters. The third kappa shape index (κ3) is 3.11. The zero-order valence-corrected chi connectivity index (χ0v) is 15.5. The Morgan fingerprint density at radius 2 is 1.89 bits per heavy atom. The summed E-state index contributed by atoms with van der Waals surface area (Å²) >= 11 is 0. The van der Waals surface area contributed by atoms with Crippen molar-refractivity contribution in [2.75, 3.05) is 26.7 Å². The first-order valence-corrected chi connectivity index (χ1v) is 9.40. The Kier molecular flexibility index (Phi) is 4.46. The molecule has 0 N–H and O–H groups in total. The van der Waals surface area contributed by atoms with E-state index in [-0.39, 0.29) is 17.6 Å². The smallest absolute Gasteiger partial charge is 0.253 e. The highest BCUT2D eigenvalue weighted by atomic mass is 19.1. The van der Waals surface area contributed by atoms with Gasteiger partial charge in [0.15, 0.2) is 0 Å². The lowest BCUT2D eigenvalue weighted by Gasteiger charge is -2.37. The maximum absolute atomic E-state index is 14.1. The molecule has 2 aromatic rings. The Balaban J connectivity index is 1.57. The summed E-state index contributed by atoms with van der Waals surface area (Å²) in [6.45, 7) is 1.85. The number of hydrogen-bond acceptors (Lipinski definition) is 2. The molecule has 0 aliphatic carbocycles. The number of rotatable bonds is 2. The molecule has 2 amide bonds. The van der Waals surface area contributed by atoms with Crippen molar-refractivity contribution in [1.29, 1.82) is 0 Å². The number of halogens is 1. The van der Waals surface area contributed by atoms with Crippen LogP contribution in [-0.4, -0.2) is 48.3 Å². The van der Waals surface area contributed by atoms with E-state index in [1.807, 2.05) is 7.05 Å². The molecule has 0 unspecified atom stereocenters.